The van der Waals surface area contributed by atoms with E-state index in [0.717, 1.165) is 26.2 Å². The monoisotopic (exact) mass is 242 g/mol. The molecule has 1 aliphatic rings. The largest absolute Gasteiger partial charge is 0.466 e. The Labute approximate surface area is 105 Å². The van der Waals surface area contributed by atoms with Crippen molar-refractivity contribution < 1.29 is 9.53 Å². The molecule has 0 bridgehead atoms. The Balaban J connectivity index is 2.39. The Morgan fingerprint density at radius 3 is 2.71 bits per heavy atom. The number of rotatable bonds is 5. The van der Waals surface area contributed by atoms with Gasteiger partial charge in [0.25, 0.3) is 0 Å². The molecular formula is C13H26N2O2. The van der Waals surface area contributed by atoms with Gasteiger partial charge < -0.3 is 9.64 Å². The predicted molar refractivity (Wildman–Crippen MR) is 68.9 cm³/mol. The Morgan fingerprint density at radius 1 is 1.41 bits per heavy atom. The van der Waals surface area contributed by atoms with Crippen LogP contribution in [0.4, 0.5) is 0 Å². The number of hydrogen-bond acceptors (Lipinski definition) is 4. The van der Waals surface area contributed by atoms with Crippen molar-refractivity contribution in [2.45, 2.75) is 33.2 Å². The number of carbonyl (C=O) groups is 1. The van der Waals surface area contributed by atoms with Crippen LogP contribution >= 0.6 is 0 Å². The van der Waals surface area contributed by atoms with Gasteiger partial charge in [-0.3, -0.25) is 9.69 Å². The smallest absolute Gasteiger partial charge is 0.309 e. The van der Waals surface area contributed by atoms with E-state index in [-0.39, 0.29) is 11.9 Å². The van der Waals surface area contributed by atoms with Gasteiger partial charge in [0.15, 0.2) is 0 Å². The summed E-state index contributed by atoms with van der Waals surface area (Å²) >= 11 is 0. The minimum atomic E-state index is -0.0699. The maximum Gasteiger partial charge on any atom is 0.309 e. The lowest BCUT2D eigenvalue weighted by atomic mass is 10.1. The molecule has 2 atom stereocenters. The molecule has 4 nitrogen and oxygen atoms in total. The first-order valence-corrected chi connectivity index (χ1v) is 6.67. The molecule has 1 saturated heterocycles. The van der Waals surface area contributed by atoms with Gasteiger partial charge in [-0.15, -0.1) is 0 Å². The van der Waals surface area contributed by atoms with E-state index in [1.165, 1.54) is 6.42 Å². The van der Waals surface area contributed by atoms with E-state index >= 15 is 0 Å². The first-order valence-electron chi connectivity index (χ1n) is 6.67. The first-order chi connectivity index (χ1) is 8.08. The molecule has 0 saturated carbocycles. The zero-order valence-corrected chi connectivity index (χ0v) is 11.6. The highest BCUT2D eigenvalue weighted by Gasteiger charge is 2.25. The number of carbonyl (C=O) groups excluding carboxylic acids is 1. The van der Waals surface area contributed by atoms with Crippen LogP contribution in [0.3, 0.4) is 0 Å². The summed E-state index contributed by atoms with van der Waals surface area (Å²) in [6, 6.07) is 0.623. The van der Waals surface area contributed by atoms with Crippen LogP contribution in [-0.4, -0.2) is 61.6 Å². The summed E-state index contributed by atoms with van der Waals surface area (Å²) in [7, 11) is 2.18. The van der Waals surface area contributed by atoms with Crippen LogP contribution in [0.15, 0.2) is 0 Å². The van der Waals surface area contributed by atoms with E-state index in [9.17, 15) is 4.79 Å². The average Bonchev–Trinajstić information content (AvgIpc) is 2.31. The zero-order valence-electron chi connectivity index (χ0n) is 11.6. The highest BCUT2D eigenvalue weighted by Crippen LogP contribution is 2.12. The van der Waals surface area contributed by atoms with Crippen molar-refractivity contribution >= 4 is 5.97 Å². The highest BCUT2D eigenvalue weighted by atomic mass is 16.5. The standard InChI is InChI=1S/C13H26N2O2/c1-5-12-10-15(8-7-14(12)4)9-11(3)13(16)17-6-2/h11-12H,5-10H2,1-4H3. The number of piperazine rings is 1. The third-order valence-corrected chi connectivity index (χ3v) is 3.55. The fourth-order valence-electron chi connectivity index (χ4n) is 2.36. The molecule has 0 aromatic heterocycles. The van der Waals surface area contributed by atoms with Gasteiger partial charge in [0.2, 0.25) is 0 Å². The second-order valence-corrected chi connectivity index (χ2v) is 4.96. The molecule has 0 spiro atoms. The second-order valence-electron chi connectivity index (χ2n) is 4.96. The predicted octanol–water partition coefficient (Wildman–Crippen LogP) is 1.21. The molecular weight excluding hydrogens is 216 g/mol. The van der Waals surface area contributed by atoms with Crippen LogP contribution in [0, 0.1) is 5.92 Å². The molecule has 100 valence electrons. The topological polar surface area (TPSA) is 32.8 Å². The van der Waals surface area contributed by atoms with Crippen molar-refractivity contribution in [3.05, 3.63) is 0 Å². The van der Waals surface area contributed by atoms with Gasteiger partial charge in [-0.2, -0.15) is 0 Å². The number of likely N-dealkylation sites (N-methyl/N-ethyl adjacent to an activating group) is 1. The molecule has 0 aromatic rings. The number of hydrogen-bond donors (Lipinski definition) is 0. The Hall–Kier alpha value is -0.610. The Morgan fingerprint density at radius 2 is 2.12 bits per heavy atom. The molecule has 1 heterocycles. The zero-order chi connectivity index (χ0) is 12.8. The van der Waals surface area contributed by atoms with Crippen molar-refractivity contribution in [2.24, 2.45) is 5.92 Å². The minimum absolute atomic E-state index is 0.0177. The Bertz CT molecular complexity index is 246. The lowest BCUT2D eigenvalue weighted by Crippen LogP contribution is -2.52. The van der Waals surface area contributed by atoms with Gasteiger partial charge in [0, 0.05) is 32.2 Å². The molecule has 4 heteroatoms. The molecule has 0 N–H and O–H groups in total. The molecule has 1 fully saturated rings. The molecule has 0 aromatic carbocycles. The van der Waals surface area contributed by atoms with Gasteiger partial charge in [0.05, 0.1) is 12.5 Å². The van der Waals surface area contributed by atoms with Gasteiger partial charge in [0.1, 0.15) is 0 Å². The van der Waals surface area contributed by atoms with E-state index in [4.69, 9.17) is 4.74 Å². The first kappa shape index (κ1) is 14.5. The fourth-order valence-corrected chi connectivity index (χ4v) is 2.36. The van der Waals surface area contributed by atoms with Gasteiger partial charge >= 0.3 is 5.97 Å². The van der Waals surface area contributed by atoms with E-state index in [0.29, 0.717) is 12.6 Å². The van der Waals surface area contributed by atoms with E-state index in [1.54, 1.807) is 0 Å². The molecule has 1 rings (SSSR count). The van der Waals surface area contributed by atoms with E-state index in [2.05, 4.69) is 23.8 Å². The summed E-state index contributed by atoms with van der Waals surface area (Å²) in [5, 5.41) is 0. The summed E-state index contributed by atoms with van der Waals surface area (Å²) in [6.07, 6.45) is 1.17. The van der Waals surface area contributed by atoms with Crippen LogP contribution < -0.4 is 0 Å². The summed E-state index contributed by atoms with van der Waals surface area (Å²) in [4.78, 5) is 16.4. The number of esters is 1. The maximum atomic E-state index is 11.6. The summed E-state index contributed by atoms with van der Waals surface area (Å²) < 4.78 is 5.04. The van der Waals surface area contributed by atoms with Gasteiger partial charge in [-0.25, -0.2) is 0 Å². The van der Waals surface area contributed by atoms with Crippen LogP contribution in [-0.2, 0) is 9.53 Å². The third-order valence-electron chi connectivity index (χ3n) is 3.55. The molecule has 17 heavy (non-hydrogen) atoms. The van der Waals surface area contributed by atoms with Crippen LogP contribution in [0.2, 0.25) is 0 Å². The van der Waals surface area contributed by atoms with Crippen LogP contribution in [0.1, 0.15) is 27.2 Å². The summed E-state index contributed by atoms with van der Waals surface area (Å²) in [5.74, 6) is -0.0876. The average molecular weight is 242 g/mol. The molecule has 2 unspecified atom stereocenters. The normalized spacial score (nSPS) is 24.6. The lowest BCUT2D eigenvalue weighted by Gasteiger charge is -2.39. The van der Waals surface area contributed by atoms with Crippen molar-refractivity contribution in [1.82, 2.24) is 9.80 Å². The minimum Gasteiger partial charge on any atom is -0.466 e. The Kier molecular flexibility index (Phi) is 5.92. The van der Waals surface area contributed by atoms with Crippen molar-refractivity contribution in [2.75, 3.05) is 39.8 Å². The van der Waals surface area contributed by atoms with Crippen molar-refractivity contribution in [3.63, 3.8) is 0 Å². The fraction of sp³-hybridized carbons (Fsp3) is 0.923. The molecule has 0 amide bonds. The molecule has 1 aliphatic heterocycles. The number of ether oxygens (including phenoxy) is 1. The van der Waals surface area contributed by atoms with E-state index < -0.39 is 0 Å². The van der Waals surface area contributed by atoms with Gasteiger partial charge in [-0.1, -0.05) is 13.8 Å². The van der Waals surface area contributed by atoms with Crippen molar-refractivity contribution in [3.8, 4) is 0 Å². The van der Waals surface area contributed by atoms with E-state index in [1.807, 2.05) is 13.8 Å². The van der Waals surface area contributed by atoms with Crippen molar-refractivity contribution in [1.29, 1.82) is 0 Å². The molecule has 0 radical (unpaired) electrons. The van der Waals surface area contributed by atoms with Crippen LogP contribution in [0.25, 0.3) is 0 Å². The maximum absolute atomic E-state index is 11.6. The van der Waals surface area contributed by atoms with Crippen LogP contribution in [0.5, 0.6) is 0 Å². The third kappa shape index (κ3) is 4.28. The quantitative estimate of drug-likeness (QED) is 0.679. The second kappa shape index (κ2) is 6.97. The summed E-state index contributed by atoms with van der Waals surface area (Å²) in [5.41, 5.74) is 0. The molecule has 0 aliphatic carbocycles. The lowest BCUT2D eigenvalue weighted by molar-refractivity contribution is -0.148. The SMILES string of the molecule is CCOC(=O)C(C)CN1CCN(C)C(CC)C1. The van der Waals surface area contributed by atoms with Gasteiger partial charge in [-0.05, 0) is 20.4 Å². The highest BCUT2D eigenvalue weighted by molar-refractivity contribution is 5.72. The number of nitrogens with zero attached hydrogens (tertiary/aromatic N) is 2. The summed E-state index contributed by atoms with van der Waals surface area (Å²) in [6.45, 7) is 10.5.